The smallest absolute Gasteiger partial charge is 0.335 e. The molecule has 0 aliphatic rings. The SMILES string of the molecule is COC(=O)[C@@H](c1cc(F)ccc1OC)n1cc2cccc(Br)c2n1. The summed E-state index contributed by atoms with van der Waals surface area (Å²) in [6.07, 6.45) is 1.71. The van der Waals surface area contributed by atoms with Gasteiger partial charge >= 0.3 is 5.97 Å². The average Bonchev–Trinajstić information content (AvgIpc) is 3.00. The maximum atomic E-state index is 13.8. The van der Waals surface area contributed by atoms with E-state index in [1.165, 1.54) is 37.1 Å². The highest BCUT2D eigenvalue weighted by atomic mass is 79.9. The Bertz CT molecular complexity index is 910. The molecule has 0 aliphatic heterocycles. The molecule has 0 amide bonds. The Morgan fingerprint density at radius 2 is 2.08 bits per heavy atom. The van der Waals surface area contributed by atoms with Crippen LogP contribution in [0.5, 0.6) is 5.75 Å². The van der Waals surface area contributed by atoms with Crippen LogP contribution in [0.1, 0.15) is 11.6 Å². The molecule has 24 heavy (non-hydrogen) atoms. The van der Waals surface area contributed by atoms with E-state index in [0.717, 1.165) is 9.86 Å². The van der Waals surface area contributed by atoms with E-state index in [2.05, 4.69) is 21.0 Å². The number of hydrogen-bond donors (Lipinski definition) is 0. The molecule has 0 bridgehead atoms. The minimum Gasteiger partial charge on any atom is -0.496 e. The maximum absolute atomic E-state index is 13.8. The van der Waals surface area contributed by atoms with Crippen LogP contribution < -0.4 is 4.74 Å². The third-order valence-electron chi connectivity index (χ3n) is 3.68. The van der Waals surface area contributed by atoms with E-state index in [-0.39, 0.29) is 0 Å². The summed E-state index contributed by atoms with van der Waals surface area (Å²) < 4.78 is 26.2. The molecule has 1 heterocycles. The van der Waals surface area contributed by atoms with Crippen LogP contribution >= 0.6 is 15.9 Å². The van der Waals surface area contributed by atoms with Crippen molar-refractivity contribution < 1.29 is 18.7 Å². The molecular weight excluding hydrogens is 379 g/mol. The molecule has 0 N–H and O–H groups in total. The lowest BCUT2D eigenvalue weighted by atomic mass is 10.1. The van der Waals surface area contributed by atoms with Crippen LogP contribution in [0.3, 0.4) is 0 Å². The van der Waals surface area contributed by atoms with Crippen LogP contribution in [0.25, 0.3) is 10.9 Å². The standard InChI is InChI=1S/C17H14BrFN2O3/c1-23-14-7-6-11(19)8-12(14)16(17(22)24-2)21-9-10-4-3-5-13(18)15(10)20-21/h3-9,16H,1-2H3/t16-/m1/s1. The summed E-state index contributed by atoms with van der Waals surface area (Å²) in [5.41, 5.74) is 1.04. The normalized spacial score (nSPS) is 12.2. The van der Waals surface area contributed by atoms with Crippen LogP contribution in [0.4, 0.5) is 4.39 Å². The number of nitrogens with zero attached hydrogens (tertiary/aromatic N) is 2. The number of fused-ring (bicyclic) bond motifs is 1. The fourth-order valence-electron chi connectivity index (χ4n) is 2.57. The van der Waals surface area contributed by atoms with Crippen molar-refractivity contribution in [2.24, 2.45) is 0 Å². The molecule has 0 fully saturated rings. The number of aromatic nitrogens is 2. The van der Waals surface area contributed by atoms with Gasteiger partial charge in [-0.3, -0.25) is 4.68 Å². The minimum absolute atomic E-state index is 0.341. The number of rotatable bonds is 4. The van der Waals surface area contributed by atoms with Crippen molar-refractivity contribution in [3.05, 3.63) is 58.4 Å². The lowest BCUT2D eigenvalue weighted by molar-refractivity contribution is -0.143. The van der Waals surface area contributed by atoms with Crippen molar-refractivity contribution in [1.29, 1.82) is 0 Å². The average molecular weight is 393 g/mol. The lowest BCUT2D eigenvalue weighted by Crippen LogP contribution is -2.23. The first-order valence-electron chi connectivity index (χ1n) is 7.09. The third kappa shape index (κ3) is 2.87. The third-order valence-corrected chi connectivity index (χ3v) is 4.32. The van der Waals surface area contributed by atoms with Crippen molar-refractivity contribution in [3.8, 4) is 5.75 Å². The topological polar surface area (TPSA) is 53.4 Å². The Labute approximate surface area is 146 Å². The predicted octanol–water partition coefficient (Wildman–Crippen LogP) is 3.71. The molecule has 0 aliphatic carbocycles. The van der Waals surface area contributed by atoms with Crippen molar-refractivity contribution >= 4 is 32.8 Å². The molecule has 0 unspecified atom stereocenters. The highest BCUT2D eigenvalue weighted by Crippen LogP contribution is 2.31. The monoisotopic (exact) mass is 392 g/mol. The number of benzene rings is 2. The van der Waals surface area contributed by atoms with Crippen LogP contribution in [0.15, 0.2) is 47.1 Å². The largest absolute Gasteiger partial charge is 0.496 e. The van der Waals surface area contributed by atoms with E-state index in [4.69, 9.17) is 9.47 Å². The van der Waals surface area contributed by atoms with Crippen LogP contribution in [-0.2, 0) is 9.53 Å². The summed E-state index contributed by atoms with van der Waals surface area (Å²) in [6, 6.07) is 8.64. The lowest BCUT2D eigenvalue weighted by Gasteiger charge is -2.18. The molecule has 0 saturated carbocycles. The van der Waals surface area contributed by atoms with Crippen LogP contribution in [-0.4, -0.2) is 30.0 Å². The molecule has 3 aromatic rings. The van der Waals surface area contributed by atoms with Crippen molar-refractivity contribution in [2.45, 2.75) is 6.04 Å². The number of hydrogen-bond acceptors (Lipinski definition) is 4. The summed E-state index contributed by atoms with van der Waals surface area (Å²) in [4.78, 5) is 12.4. The highest BCUT2D eigenvalue weighted by Gasteiger charge is 2.28. The van der Waals surface area contributed by atoms with Gasteiger partial charge in [0.1, 0.15) is 17.1 Å². The van der Waals surface area contributed by atoms with Crippen LogP contribution in [0.2, 0.25) is 0 Å². The van der Waals surface area contributed by atoms with E-state index in [9.17, 15) is 9.18 Å². The first-order chi connectivity index (χ1) is 11.5. The van der Waals surface area contributed by atoms with E-state index in [1.807, 2.05) is 18.2 Å². The summed E-state index contributed by atoms with van der Waals surface area (Å²) in [5.74, 6) is -0.661. The van der Waals surface area contributed by atoms with E-state index < -0.39 is 17.8 Å². The first-order valence-corrected chi connectivity index (χ1v) is 7.89. The summed E-state index contributed by atoms with van der Waals surface area (Å²) in [6.45, 7) is 0. The summed E-state index contributed by atoms with van der Waals surface area (Å²) in [5, 5.41) is 5.30. The van der Waals surface area contributed by atoms with Gasteiger partial charge < -0.3 is 9.47 Å². The molecule has 2 aromatic carbocycles. The second-order valence-corrected chi connectivity index (χ2v) is 5.95. The zero-order valence-electron chi connectivity index (χ0n) is 13.0. The van der Waals surface area contributed by atoms with E-state index >= 15 is 0 Å². The van der Waals surface area contributed by atoms with Gasteiger partial charge in [0.2, 0.25) is 0 Å². The number of halogens is 2. The second kappa shape index (κ2) is 6.60. The summed E-state index contributed by atoms with van der Waals surface area (Å²) in [7, 11) is 2.74. The van der Waals surface area contributed by atoms with Crippen molar-refractivity contribution in [1.82, 2.24) is 9.78 Å². The van der Waals surface area contributed by atoms with Gasteiger partial charge in [-0.1, -0.05) is 12.1 Å². The molecular formula is C17H14BrFN2O3. The molecule has 0 spiro atoms. The minimum atomic E-state index is -0.958. The molecule has 124 valence electrons. The number of ether oxygens (including phenoxy) is 2. The van der Waals surface area contributed by atoms with Gasteiger partial charge in [0, 0.05) is 21.6 Å². The van der Waals surface area contributed by atoms with Gasteiger partial charge in [-0.25, -0.2) is 9.18 Å². The number of esters is 1. The van der Waals surface area contributed by atoms with E-state index in [1.54, 1.807) is 6.20 Å². The first kappa shape index (κ1) is 16.4. The number of methoxy groups -OCH3 is 2. The second-order valence-electron chi connectivity index (χ2n) is 5.10. The maximum Gasteiger partial charge on any atom is 0.335 e. The molecule has 7 heteroatoms. The zero-order valence-corrected chi connectivity index (χ0v) is 14.6. The Morgan fingerprint density at radius 3 is 2.75 bits per heavy atom. The Hall–Kier alpha value is -2.41. The fraction of sp³-hybridized carbons (Fsp3) is 0.176. The Morgan fingerprint density at radius 1 is 1.29 bits per heavy atom. The van der Waals surface area contributed by atoms with Gasteiger partial charge in [-0.2, -0.15) is 5.10 Å². The zero-order chi connectivity index (χ0) is 17.3. The summed E-state index contributed by atoms with van der Waals surface area (Å²) >= 11 is 3.43. The van der Waals surface area contributed by atoms with Gasteiger partial charge in [0.25, 0.3) is 0 Å². The van der Waals surface area contributed by atoms with Gasteiger partial charge in [-0.05, 0) is 40.2 Å². The molecule has 3 rings (SSSR count). The number of carbonyl (C=O) groups excluding carboxylic acids is 1. The molecule has 0 saturated heterocycles. The van der Waals surface area contributed by atoms with Gasteiger partial charge in [0.15, 0.2) is 6.04 Å². The quantitative estimate of drug-likeness (QED) is 0.635. The Kier molecular flexibility index (Phi) is 4.53. The number of carbonyl (C=O) groups is 1. The fourth-order valence-corrected chi connectivity index (χ4v) is 3.03. The molecule has 0 radical (unpaired) electrons. The Balaban J connectivity index is 2.21. The highest BCUT2D eigenvalue weighted by molar-refractivity contribution is 9.10. The molecule has 1 aromatic heterocycles. The van der Waals surface area contributed by atoms with E-state index in [0.29, 0.717) is 16.8 Å². The predicted molar refractivity (Wildman–Crippen MR) is 90.5 cm³/mol. The van der Waals surface area contributed by atoms with Gasteiger partial charge in [0.05, 0.1) is 14.2 Å². The van der Waals surface area contributed by atoms with Crippen molar-refractivity contribution in [3.63, 3.8) is 0 Å². The molecule has 1 atom stereocenters. The molecule has 5 nitrogen and oxygen atoms in total. The van der Waals surface area contributed by atoms with Crippen LogP contribution in [0, 0.1) is 5.82 Å². The van der Waals surface area contributed by atoms with Crippen molar-refractivity contribution in [2.75, 3.05) is 14.2 Å². The van der Waals surface area contributed by atoms with Gasteiger partial charge in [-0.15, -0.1) is 0 Å².